The van der Waals surface area contributed by atoms with E-state index >= 15 is 0 Å². The average molecular weight is 361 g/mol. The Balaban J connectivity index is 1.60. The first-order valence-electron chi connectivity index (χ1n) is 9.34. The minimum atomic E-state index is -0.911. The molecule has 0 radical (unpaired) electrons. The number of carboxylic acids is 1. The van der Waals surface area contributed by atoms with Crippen molar-refractivity contribution >= 4 is 17.8 Å². The van der Waals surface area contributed by atoms with Crippen LogP contribution in [0.1, 0.15) is 46.9 Å². The number of nitrogens with zero attached hydrogens (tertiary/aromatic N) is 1. The summed E-state index contributed by atoms with van der Waals surface area (Å²) in [6, 6.07) is 16.3. The second-order valence-electron chi connectivity index (χ2n) is 7.59. The molecule has 0 spiro atoms. The number of benzene rings is 2. The fraction of sp³-hybridized carbons (Fsp3) is 0.318. The lowest BCUT2D eigenvalue weighted by molar-refractivity contribution is -0.142. The van der Waals surface area contributed by atoms with Crippen molar-refractivity contribution in [2.45, 2.75) is 24.7 Å². The Hall–Kier alpha value is -2.95. The van der Waals surface area contributed by atoms with Crippen molar-refractivity contribution in [1.82, 2.24) is 4.90 Å². The SMILES string of the molecule is O=C(O)CCCN1C(=O)[C@H]2C3c4ccccc4C(c4ccccc43)[C@@H]2C1=O. The smallest absolute Gasteiger partial charge is 0.303 e. The fourth-order valence-corrected chi connectivity index (χ4v) is 5.35. The first kappa shape index (κ1) is 16.2. The van der Waals surface area contributed by atoms with E-state index < -0.39 is 5.97 Å². The van der Waals surface area contributed by atoms with Gasteiger partial charge in [-0.25, -0.2) is 0 Å². The fourth-order valence-electron chi connectivity index (χ4n) is 5.35. The largest absolute Gasteiger partial charge is 0.481 e. The number of hydrogen-bond acceptors (Lipinski definition) is 3. The Labute approximate surface area is 156 Å². The van der Waals surface area contributed by atoms with Gasteiger partial charge in [-0.2, -0.15) is 0 Å². The zero-order valence-electron chi connectivity index (χ0n) is 14.7. The van der Waals surface area contributed by atoms with Crippen LogP contribution in [0.4, 0.5) is 0 Å². The lowest BCUT2D eigenvalue weighted by atomic mass is 9.55. The maximum atomic E-state index is 13.2. The van der Waals surface area contributed by atoms with Crippen LogP contribution in [0.15, 0.2) is 48.5 Å². The zero-order valence-corrected chi connectivity index (χ0v) is 14.7. The van der Waals surface area contributed by atoms with Crippen LogP contribution in [0.3, 0.4) is 0 Å². The monoisotopic (exact) mass is 361 g/mol. The lowest BCUT2D eigenvalue weighted by Gasteiger charge is -2.45. The highest BCUT2D eigenvalue weighted by Crippen LogP contribution is 2.60. The summed E-state index contributed by atoms with van der Waals surface area (Å²) in [6.45, 7) is 0.184. The number of likely N-dealkylation sites (tertiary alicyclic amines) is 1. The quantitative estimate of drug-likeness (QED) is 0.850. The molecule has 0 unspecified atom stereocenters. The third-order valence-electron chi connectivity index (χ3n) is 6.31. The molecule has 0 saturated carbocycles. The second-order valence-corrected chi connectivity index (χ2v) is 7.59. The van der Waals surface area contributed by atoms with E-state index in [1.54, 1.807) is 0 Å². The molecule has 1 heterocycles. The highest BCUT2D eigenvalue weighted by molar-refractivity contribution is 6.07. The summed E-state index contributed by atoms with van der Waals surface area (Å²) >= 11 is 0. The predicted molar refractivity (Wildman–Crippen MR) is 97.1 cm³/mol. The topological polar surface area (TPSA) is 74.7 Å². The van der Waals surface area contributed by atoms with Crippen molar-refractivity contribution < 1.29 is 19.5 Å². The zero-order chi connectivity index (χ0) is 18.7. The molecule has 2 aromatic carbocycles. The van der Waals surface area contributed by atoms with E-state index in [0.717, 1.165) is 22.3 Å². The van der Waals surface area contributed by atoms with Crippen LogP contribution in [0.5, 0.6) is 0 Å². The number of amides is 2. The normalized spacial score (nSPS) is 27.3. The van der Waals surface area contributed by atoms with Gasteiger partial charge in [-0.15, -0.1) is 0 Å². The molecule has 2 aromatic rings. The van der Waals surface area contributed by atoms with Crippen LogP contribution in [0.25, 0.3) is 0 Å². The molecule has 0 aromatic heterocycles. The maximum absolute atomic E-state index is 13.2. The number of rotatable bonds is 4. The molecule has 27 heavy (non-hydrogen) atoms. The Bertz CT molecular complexity index is 866. The molecule has 5 nitrogen and oxygen atoms in total. The van der Waals surface area contributed by atoms with Gasteiger partial charge in [0, 0.05) is 24.8 Å². The van der Waals surface area contributed by atoms with E-state index in [1.165, 1.54) is 4.90 Å². The van der Waals surface area contributed by atoms with E-state index in [9.17, 15) is 14.4 Å². The third kappa shape index (κ3) is 2.14. The highest BCUT2D eigenvalue weighted by Gasteiger charge is 2.61. The summed E-state index contributed by atoms with van der Waals surface area (Å²) in [5.41, 5.74) is 4.60. The molecule has 136 valence electrons. The summed E-state index contributed by atoms with van der Waals surface area (Å²) in [7, 11) is 0. The van der Waals surface area contributed by atoms with Crippen LogP contribution in [0.2, 0.25) is 0 Å². The van der Waals surface area contributed by atoms with Gasteiger partial charge in [0.15, 0.2) is 0 Å². The average Bonchev–Trinajstić information content (AvgIpc) is 2.93. The molecule has 6 rings (SSSR count). The Morgan fingerprint density at radius 3 is 1.59 bits per heavy atom. The van der Waals surface area contributed by atoms with Gasteiger partial charge in [0.25, 0.3) is 0 Å². The summed E-state index contributed by atoms with van der Waals surface area (Å²) < 4.78 is 0. The van der Waals surface area contributed by atoms with E-state index in [-0.39, 0.29) is 48.5 Å². The number of carboxylic acid groups (broad SMARTS) is 1. The van der Waals surface area contributed by atoms with Crippen LogP contribution in [-0.4, -0.2) is 34.3 Å². The molecule has 4 aliphatic rings. The molecule has 5 heteroatoms. The van der Waals surface area contributed by atoms with Gasteiger partial charge >= 0.3 is 5.97 Å². The van der Waals surface area contributed by atoms with Gasteiger partial charge in [-0.1, -0.05) is 48.5 Å². The van der Waals surface area contributed by atoms with Crippen molar-refractivity contribution in [3.8, 4) is 0 Å². The number of hydrogen-bond donors (Lipinski definition) is 1. The lowest BCUT2D eigenvalue weighted by Crippen LogP contribution is -2.41. The molecule has 2 atom stereocenters. The number of imide groups is 1. The van der Waals surface area contributed by atoms with Crippen LogP contribution < -0.4 is 0 Å². The molecule has 2 bridgehead atoms. The van der Waals surface area contributed by atoms with Gasteiger partial charge in [-0.05, 0) is 28.7 Å². The number of aliphatic carboxylic acids is 1. The van der Waals surface area contributed by atoms with E-state index in [1.807, 2.05) is 24.3 Å². The third-order valence-corrected chi connectivity index (χ3v) is 6.31. The molecular weight excluding hydrogens is 342 g/mol. The van der Waals surface area contributed by atoms with Gasteiger partial charge in [0.1, 0.15) is 0 Å². The van der Waals surface area contributed by atoms with E-state index in [4.69, 9.17) is 5.11 Å². The molecule has 3 aliphatic carbocycles. The van der Waals surface area contributed by atoms with Gasteiger partial charge in [0.05, 0.1) is 11.8 Å². The first-order valence-corrected chi connectivity index (χ1v) is 9.34. The Kier molecular flexibility index (Phi) is 3.47. The standard InChI is InChI=1S/C22H19NO4/c24-16(25)10-5-11-23-21(26)19-17-12-6-1-2-7-13(12)18(20(19)22(23)27)15-9-4-3-8-14(15)17/h1-4,6-9,17-20H,5,10-11H2,(H,24,25)/t17?,18?,19-,20-/m0/s1. The number of carbonyl (C=O) groups is 3. The molecule has 1 aliphatic heterocycles. The first-order chi connectivity index (χ1) is 13.1. The minimum absolute atomic E-state index is 0.0420. The molecule has 2 amide bonds. The van der Waals surface area contributed by atoms with Crippen molar-refractivity contribution in [3.05, 3.63) is 70.8 Å². The Morgan fingerprint density at radius 2 is 1.22 bits per heavy atom. The Morgan fingerprint density at radius 1 is 0.815 bits per heavy atom. The molecule has 1 saturated heterocycles. The minimum Gasteiger partial charge on any atom is -0.481 e. The number of carbonyl (C=O) groups excluding carboxylic acids is 2. The summed E-state index contributed by atoms with van der Waals surface area (Å²) in [4.78, 5) is 38.5. The van der Waals surface area contributed by atoms with Crippen LogP contribution in [-0.2, 0) is 14.4 Å². The van der Waals surface area contributed by atoms with Crippen LogP contribution in [0, 0.1) is 11.8 Å². The van der Waals surface area contributed by atoms with Crippen molar-refractivity contribution in [2.75, 3.05) is 6.54 Å². The van der Waals surface area contributed by atoms with Gasteiger partial charge < -0.3 is 5.11 Å². The van der Waals surface area contributed by atoms with Crippen molar-refractivity contribution in [3.63, 3.8) is 0 Å². The summed E-state index contributed by atoms with van der Waals surface area (Å²) in [6.07, 6.45) is 0.251. The summed E-state index contributed by atoms with van der Waals surface area (Å²) in [5.74, 6) is -2.16. The second kappa shape index (κ2) is 5.78. The van der Waals surface area contributed by atoms with Crippen LogP contribution >= 0.6 is 0 Å². The molecular formula is C22H19NO4. The highest BCUT2D eigenvalue weighted by atomic mass is 16.4. The van der Waals surface area contributed by atoms with E-state index in [0.29, 0.717) is 6.42 Å². The van der Waals surface area contributed by atoms with Crippen molar-refractivity contribution in [1.29, 1.82) is 0 Å². The van der Waals surface area contributed by atoms with Gasteiger partial charge in [0.2, 0.25) is 11.8 Å². The maximum Gasteiger partial charge on any atom is 0.303 e. The summed E-state index contributed by atoms with van der Waals surface area (Å²) in [5, 5.41) is 8.87. The van der Waals surface area contributed by atoms with E-state index in [2.05, 4.69) is 24.3 Å². The van der Waals surface area contributed by atoms with Crippen molar-refractivity contribution in [2.24, 2.45) is 11.8 Å². The van der Waals surface area contributed by atoms with Gasteiger partial charge in [-0.3, -0.25) is 19.3 Å². The predicted octanol–water partition coefficient (Wildman–Crippen LogP) is 2.74. The molecule has 1 fully saturated rings. The molecule has 1 N–H and O–H groups in total.